The molecule has 0 unspecified atom stereocenters. The predicted octanol–water partition coefficient (Wildman–Crippen LogP) is 4.21. The van der Waals surface area contributed by atoms with Crippen LogP contribution in [0, 0.1) is 0 Å². The van der Waals surface area contributed by atoms with Crippen LogP contribution >= 0.6 is 11.6 Å². The first-order chi connectivity index (χ1) is 13.9. The largest absolute Gasteiger partial charge is 0.495 e. The summed E-state index contributed by atoms with van der Waals surface area (Å²) >= 11 is 6.01. The van der Waals surface area contributed by atoms with Crippen molar-refractivity contribution in [1.29, 1.82) is 0 Å². The van der Waals surface area contributed by atoms with Crippen LogP contribution in [0.5, 0.6) is 5.75 Å². The summed E-state index contributed by atoms with van der Waals surface area (Å²) in [4.78, 5) is 12.8. The molecule has 1 heterocycles. The Kier molecular flexibility index (Phi) is 7.16. The van der Waals surface area contributed by atoms with Gasteiger partial charge in [0.2, 0.25) is 10.0 Å². The van der Waals surface area contributed by atoms with Gasteiger partial charge in [0.1, 0.15) is 5.75 Å². The van der Waals surface area contributed by atoms with E-state index in [1.54, 1.807) is 36.4 Å². The van der Waals surface area contributed by atoms with Crippen LogP contribution in [-0.2, 0) is 10.0 Å². The third-order valence-corrected chi connectivity index (χ3v) is 7.09. The second-order valence-corrected chi connectivity index (χ2v) is 9.34. The number of ketones is 1. The molecule has 29 heavy (non-hydrogen) atoms. The first-order valence-corrected chi connectivity index (χ1v) is 11.4. The first kappa shape index (κ1) is 21.6. The monoisotopic (exact) mass is 436 g/mol. The van der Waals surface area contributed by atoms with Crippen molar-refractivity contribution in [1.82, 2.24) is 4.31 Å². The van der Waals surface area contributed by atoms with Gasteiger partial charge in [-0.1, -0.05) is 36.6 Å². The number of halogens is 1. The summed E-state index contributed by atoms with van der Waals surface area (Å²) in [6.45, 7) is 1.04. The molecule has 1 saturated heterocycles. The normalized spacial score (nSPS) is 15.5. The molecule has 1 aliphatic rings. The van der Waals surface area contributed by atoms with Gasteiger partial charge in [-0.05, 0) is 43.2 Å². The van der Waals surface area contributed by atoms with Gasteiger partial charge in [0.05, 0.1) is 24.2 Å². The average Bonchev–Trinajstić information content (AvgIpc) is 3.02. The molecule has 6 nitrogen and oxygen atoms in total. The number of carbonyl (C=O) groups excluding carboxylic acids is 1. The molecule has 156 valence electrons. The average molecular weight is 437 g/mol. The number of hydrogen-bond acceptors (Lipinski definition) is 5. The van der Waals surface area contributed by atoms with Crippen molar-refractivity contribution in [3.63, 3.8) is 0 Å². The molecular weight excluding hydrogens is 412 g/mol. The Bertz CT molecular complexity index is 970. The second-order valence-electron chi connectivity index (χ2n) is 6.97. The number of anilines is 1. The van der Waals surface area contributed by atoms with Gasteiger partial charge in [-0.25, -0.2) is 8.42 Å². The summed E-state index contributed by atoms with van der Waals surface area (Å²) in [6, 6.07) is 11.3. The van der Waals surface area contributed by atoms with E-state index in [1.165, 1.54) is 17.5 Å². The summed E-state index contributed by atoms with van der Waals surface area (Å²) in [5.74, 6) is 0.347. The summed E-state index contributed by atoms with van der Waals surface area (Å²) in [6.07, 6.45) is 3.82. The number of carbonyl (C=O) groups is 1. The SMILES string of the molecule is COc1ccc(Cl)cc1NCC(=O)c1cccc(S(=O)(=O)N2CCCCCC2)c1. The molecule has 0 spiro atoms. The van der Waals surface area contributed by atoms with Crippen LogP contribution in [0.3, 0.4) is 0 Å². The zero-order valence-corrected chi connectivity index (χ0v) is 17.9. The standard InChI is InChI=1S/C21H25ClN2O4S/c1-28-21-10-9-17(22)14-19(21)23-15-20(25)16-7-6-8-18(13-16)29(26,27)24-11-4-2-3-5-12-24/h6-10,13-14,23H,2-5,11-12,15H2,1H3. The molecule has 2 aromatic rings. The van der Waals surface area contributed by atoms with Gasteiger partial charge >= 0.3 is 0 Å². The van der Waals surface area contributed by atoms with Crippen molar-refractivity contribution in [2.24, 2.45) is 0 Å². The number of ether oxygens (including phenoxy) is 1. The minimum Gasteiger partial charge on any atom is -0.495 e. The molecule has 0 bridgehead atoms. The van der Waals surface area contributed by atoms with Crippen molar-refractivity contribution < 1.29 is 17.9 Å². The zero-order chi connectivity index (χ0) is 20.9. The third kappa shape index (κ3) is 5.29. The smallest absolute Gasteiger partial charge is 0.243 e. The van der Waals surface area contributed by atoms with E-state index in [-0.39, 0.29) is 17.2 Å². The van der Waals surface area contributed by atoms with Gasteiger partial charge in [0, 0.05) is 23.7 Å². The summed E-state index contributed by atoms with van der Waals surface area (Å²) in [5.41, 5.74) is 0.941. The lowest BCUT2D eigenvalue weighted by atomic mass is 10.1. The molecule has 0 amide bonds. The van der Waals surface area contributed by atoms with Gasteiger partial charge in [0.25, 0.3) is 0 Å². The van der Waals surface area contributed by atoms with Crippen molar-refractivity contribution in [3.05, 3.63) is 53.1 Å². The zero-order valence-electron chi connectivity index (χ0n) is 16.4. The van der Waals surface area contributed by atoms with E-state index < -0.39 is 10.0 Å². The van der Waals surface area contributed by atoms with Gasteiger partial charge < -0.3 is 10.1 Å². The van der Waals surface area contributed by atoms with E-state index in [0.29, 0.717) is 35.1 Å². The Balaban J connectivity index is 1.75. The third-order valence-electron chi connectivity index (χ3n) is 4.96. The highest BCUT2D eigenvalue weighted by Crippen LogP contribution is 2.27. The van der Waals surface area contributed by atoms with E-state index in [1.807, 2.05) is 0 Å². The molecule has 0 aromatic heterocycles. The van der Waals surface area contributed by atoms with Crippen molar-refractivity contribution in [2.45, 2.75) is 30.6 Å². The number of hydrogen-bond donors (Lipinski definition) is 1. The van der Waals surface area contributed by atoms with E-state index in [4.69, 9.17) is 16.3 Å². The number of methoxy groups -OCH3 is 1. The fraction of sp³-hybridized carbons (Fsp3) is 0.381. The lowest BCUT2D eigenvalue weighted by molar-refractivity contribution is 0.101. The predicted molar refractivity (Wildman–Crippen MR) is 114 cm³/mol. The number of benzene rings is 2. The van der Waals surface area contributed by atoms with Crippen LogP contribution < -0.4 is 10.1 Å². The Morgan fingerprint density at radius 1 is 1.10 bits per heavy atom. The lowest BCUT2D eigenvalue weighted by Gasteiger charge is -2.20. The fourth-order valence-corrected chi connectivity index (χ4v) is 5.09. The number of sulfonamides is 1. The highest BCUT2D eigenvalue weighted by molar-refractivity contribution is 7.89. The van der Waals surface area contributed by atoms with E-state index >= 15 is 0 Å². The molecular formula is C21H25ClN2O4S. The highest BCUT2D eigenvalue weighted by Gasteiger charge is 2.25. The molecule has 0 atom stereocenters. The second kappa shape index (κ2) is 9.61. The number of Topliss-reactive ketones (excluding diaryl/α,β-unsaturated/α-hetero) is 1. The van der Waals surface area contributed by atoms with Crippen LogP contribution in [-0.4, -0.2) is 45.3 Å². The summed E-state index contributed by atoms with van der Waals surface area (Å²) in [7, 11) is -2.07. The van der Waals surface area contributed by atoms with Crippen molar-refractivity contribution >= 4 is 33.1 Å². The number of nitrogens with one attached hydrogen (secondary N) is 1. The van der Waals surface area contributed by atoms with Crippen molar-refractivity contribution in [2.75, 3.05) is 32.1 Å². The Morgan fingerprint density at radius 3 is 2.52 bits per heavy atom. The first-order valence-electron chi connectivity index (χ1n) is 9.62. The van der Waals surface area contributed by atoms with Crippen LogP contribution in [0.4, 0.5) is 5.69 Å². The molecule has 8 heteroatoms. The van der Waals surface area contributed by atoms with E-state index in [2.05, 4.69) is 5.32 Å². The Hall–Kier alpha value is -2.09. The maximum atomic E-state index is 13.0. The van der Waals surface area contributed by atoms with Gasteiger partial charge in [-0.15, -0.1) is 0 Å². The summed E-state index contributed by atoms with van der Waals surface area (Å²) in [5, 5.41) is 3.53. The maximum Gasteiger partial charge on any atom is 0.243 e. The molecule has 0 radical (unpaired) electrons. The molecule has 1 aliphatic heterocycles. The van der Waals surface area contributed by atoms with Gasteiger partial charge in [-0.3, -0.25) is 4.79 Å². The Labute approximate surface area is 176 Å². The number of rotatable bonds is 7. The minimum atomic E-state index is -3.60. The summed E-state index contributed by atoms with van der Waals surface area (Å²) < 4.78 is 32.8. The Morgan fingerprint density at radius 2 is 1.83 bits per heavy atom. The number of nitrogens with zero attached hydrogens (tertiary/aromatic N) is 1. The minimum absolute atomic E-state index is 0.0100. The van der Waals surface area contributed by atoms with Crippen LogP contribution in [0.25, 0.3) is 0 Å². The quantitative estimate of drug-likeness (QED) is 0.658. The molecule has 1 fully saturated rings. The van der Waals surface area contributed by atoms with Gasteiger partial charge in [-0.2, -0.15) is 4.31 Å². The molecule has 2 aromatic carbocycles. The highest BCUT2D eigenvalue weighted by atomic mass is 35.5. The fourth-order valence-electron chi connectivity index (χ4n) is 3.36. The molecule has 3 rings (SSSR count). The topological polar surface area (TPSA) is 75.7 Å². The maximum absolute atomic E-state index is 13.0. The molecule has 0 aliphatic carbocycles. The molecule has 1 N–H and O–H groups in total. The van der Waals surface area contributed by atoms with E-state index in [0.717, 1.165) is 25.7 Å². The lowest BCUT2D eigenvalue weighted by Crippen LogP contribution is -2.32. The van der Waals surface area contributed by atoms with Crippen LogP contribution in [0.1, 0.15) is 36.0 Å². The van der Waals surface area contributed by atoms with Crippen molar-refractivity contribution in [3.8, 4) is 5.75 Å². The molecule has 0 saturated carbocycles. The van der Waals surface area contributed by atoms with E-state index in [9.17, 15) is 13.2 Å². The van der Waals surface area contributed by atoms with Gasteiger partial charge in [0.15, 0.2) is 5.78 Å². The van der Waals surface area contributed by atoms with Crippen LogP contribution in [0.15, 0.2) is 47.4 Å². The van der Waals surface area contributed by atoms with Crippen LogP contribution in [0.2, 0.25) is 5.02 Å².